The number of hydrogen-bond acceptors (Lipinski definition) is 4. The first-order chi connectivity index (χ1) is 10.3. The molecule has 0 spiro atoms. The number of carboxylic acid groups (broad SMARTS) is 1. The van der Waals surface area contributed by atoms with Crippen LogP contribution in [0.4, 0.5) is 4.79 Å². The van der Waals surface area contributed by atoms with Crippen molar-refractivity contribution in [2.75, 3.05) is 14.1 Å². The second-order valence-corrected chi connectivity index (χ2v) is 6.67. The van der Waals surface area contributed by atoms with Crippen molar-refractivity contribution in [1.29, 1.82) is 0 Å². The standard InChI is InChI=1S/C13H16N4O4S/c1-16(2)22(20,21)17-9-11(10-6-4-3-5-7-10)15-12(17)8-14-13(18)19/h3-7,9,14H,8H2,1-2H3,(H,18,19). The number of hydrogen-bond donors (Lipinski definition) is 2. The summed E-state index contributed by atoms with van der Waals surface area (Å²) < 4.78 is 26.6. The van der Waals surface area contributed by atoms with Gasteiger partial charge in [0, 0.05) is 25.9 Å². The van der Waals surface area contributed by atoms with E-state index in [-0.39, 0.29) is 12.4 Å². The van der Waals surface area contributed by atoms with Gasteiger partial charge in [0.1, 0.15) is 5.82 Å². The molecule has 9 heteroatoms. The lowest BCUT2D eigenvalue weighted by atomic mass is 10.2. The topological polar surface area (TPSA) is 105 Å². The zero-order chi connectivity index (χ0) is 16.3. The molecule has 22 heavy (non-hydrogen) atoms. The molecule has 2 rings (SSSR count). The fraction of sp³-hybridized carbons (Fsp3) is 0.231. The van der Waals surface area contributed by atoms with Gasteiger partial charge in [0.2, 0.25) is 0 Å². The molecule has 0 aliphatic heterocycles. The van der Waals surface area contributed by atoms with Crippen molar-refractivity contribution < 1.29 is 18.3 Å². The van der Waals surface area contributed by atoms with E-state index in [1.165, 1.54) is 20.3 Å². The molecule has 0 unspecified atom stereocenters. The van der Waals surface area contributed by atoms with Gasteiger partial charge >= 0.3 is 16.3 Å². The molecule has 1 aromatic carbocycles. The number of nitrogens with zero attached hydrogens (tertiary/aromatic N) is 3. The van der Waals surface area contributed by atoms with Crippen LogP contribution >= 0.6 is 0 Å². The van der Waals surface area contributed by atoms with Gasteiger partial charge in [-0.15, -0.1) is 0 Å². The van der Waals surface area contributed by atoms with Crippen LogP contribution in [0, 0.1) is 0 Å². The van der Waals surface area contributed by atoms with E-state index in [4.69, 9.17) is 5.11 Å². The van der Waals surface area contributed by atoms with Gasteiger partial charge in [-0.3, -0.25) is 0 Å². The number of imidazole rings is 1. The third-order valence-electron chi connectivity index (χ3n) is 2.92. The van der Waals surface area contributed by atoms with E-state index in [1.54, 1.807) is 12.1 Å². The molecule has 1 heterocycles. The third-order valence-corrected chi connectivity index (χ3v) is 4.66. The van der Waals surface area contributed by atoms with Gasteiger partial charge in [-0.1, -0.05) is 30.3 Å². The predicted molar refractivity (Wildman–Crippen MR) is 80.5 cm³/mol. The minimum atomic E-state index is -3.79. The molecule has 0 fully saturated rings. The van der Waals surface area contributed by atoms with Crippen molar-refractivity contribution in [2.24, 2.45) is 0 Å². The van der Waals surface area contributed by atoms with Gasteiger partial charge in [-0.25, -0.2) is 13.8 Å². The summed E-state index contributed by atoms with van der Waals surface area (Å²) in [6.07, 6.45) is 0.127. The Labute approximate surface area is 128 Å². The smallest absolute Gasteiger partial charge is 0.405 e. The number of nitrogens with one attached hydrogen (secondary N) is 1. The van der Waals surface area contributed by atoms with E-state index in [9.17, 15) is 13.2 Å². The Morgan fingerprint density at radius 1 is 1.32 bits per heavy atom. The maximum atomic E-state index is 12.3. The maximum Gasteiger partial charge on any atom is 0.405 e. The Hall–Kier alpha value is -2.39. The number of amides is 1. The average molecular weight is 324 g/mol. The van der Waals surface area contributed by atoms with Crippen LogP contribution in [0.3, 0.4) is 0 Å². The summed E-state index contributed by atoms with van der Waals surface area (Å²) in [6, 6.07) is 9.05. The maximum absolute atomic E-state index is 12.3. The first kappa shape index (κ1) is 16.0. The van der Waals surface area contributed by atoms with Crippen LogP contribution in [0.2, 0.25) is 0 Å². The molecule has 2 N–H and O–H groups in total. The van der Waals surface area contributed by atoms with Crippen molar-refractivity contribution in [1.82, 2.24) is 18.6 Å². The summed E-state index contributed by atoms with van der Waals surface area (Å²) in [6.45, 7) is -0.213. The normalized spacial score (nSPS) is 11.6. The molecule has 0 atom stereocenters. The monoisotopic (exact) mass is 324 g/mol. The van der Waals surface area contributed by atoms with Crippen LogP contribution in [0.25, 0.3) is 11.3 Å². The summed E-state index contributed by atoms with van der Waals surface area (Å²) in [4.78, 5) is 14.9. The van der Waals surface area contributed by atoms with E-state index in [1.807, 2.05) is 18.2 Å². The Balaban J connectivity index is 2.50. The lowest BCUT2D eigenvalue weighted by molar-refractivity contribution is 0.193. The Morgan fingerprint density at radius 3 is 2.50 bits per heavy atom. The second-order valence-electron chi connectivity index (χ2n) is 4.65. The van der Waals surface area contributed by atoms with Crippen LogP contribution in [-0.4, -0.2) is 47.0 Å². The van der Waals surface area contributed by atoms with E-state index >= 15 is 0 Å². The molecule has 1 amide bonds. The van der Waals surface area contributed by atoms with Crippen LogP contribution in [0.15, 0.2) is 36.5 Å². The fourth-order valence-corrected chi connectivity index (χ4v) is 2.76. The van der Waals surface area contributed by atoms with E-state index in [2.05, 4.69) is 10.3 Å². The molecule has 0 aliphatic rings. The van der Waals surface area contributed by atoms with Crippen LogP contribution in [-0.2, 0) is 16.8 Å². The minimum absolute atomic E-state index is 0.0925. The van der Waals surface area contributed by atoms with Crippen molar-refractivity contribution in [3.05, 3.63) is 42.4 Å². The van der Waals surface area contributed by atoms with Crippen molar-refractivity contribution in [3.8, 4) is 11.3 Å². The highest BCUT2D eigenvalue weighted by atomic mass is 32.2. The van der Waals surface area contributed by atoms with Crippen LogP contribution in [0.1, 0.15) is 5.82 Å². The summed E-state index contributed by atoms with van der Waals surface area (Å²) >= 11 is 0. The molecule has 8 nitrogen and oxygen atoms in total. The summed E-state index contributed by atoms with van der Waals surface area (Å²) in [7, 11) is -0.999. The lowest BCUT2D eigenvalue weighted by Crippen LogP contribution is -2.31. The van der Waals surface area contributed by atoms with Crippen LogP contribution < -0.4 is 5.32 Å². The number of rotatable bonds is 5. The summed E-state index contributed by atoms with van der Waals surface area (Å²) in [5.41, 5.74) is 1.19. The summed E-state index contributed by atoms with van der Waals surface area (Å²) in [5, 5.41) is 10.8. The molecule has 2 aromatic rings. The fourth-order valence-electron chi connectivity index (χ4n) is 1.80. The molecule has 1 aromatic heterocycles. The number of aromatic nitrogens is 2. The highest BCUT2D eigenvalue weighted by molar-refractivity contribution is 7.87. The third kappa shape index (κ3) is 3.26. The average Bonchev–Trinajstić information content (AvgIpc) is 2.90. The molecule has 118 valence electrons. The molecule has 0 aliphatic carbocycles. The van der Waals surface area contributed by atoms with Crippen molar-refractivity contribution >= 4 is 16.3 Å². The van der Waals surface area contributed by atoms with E-state index in [0.29, 0.717) is 5.69 Å². The van der Waals surface area contributed by atoms with Crippen molar-refractivity contribution in [2.45, 2.75) is 6.54 Å². The first-order valence-corrected chi connectivity index (χ1v) is 7.75. The zero-order valence-corrected chi connectivity index (χ0v) is 12.9. The van der Waals surface area contributed by atoms with Gasteiger partial charge in [0.25, 0.3) is 0 Å². The van der Waals surface area contributed by atoms with Gasteiger partial charge in [-0.2, -0.15) is 12.7 Å². The lowest BCUT2D eigenvalue weighted by Gasteiger charge is -2.14. The molecular formula is C13H16N4O4S. The van der Waals surface area contributed by atoms with Crippen LogP contribution in [0.5, 0.6) is 0 Å². The summed E-state index contributed by atoms with van der Waals surface area (Å²) in [5.74, 6) is 0.0925. The minimum Gasteiger partial charge on any atom is -0.465 e. The Bertz CT molecular complexity index is 769. The van der Waals surface area contributed by atoms with Gasteiger partial charge in [0.05, 0.1) is 12.2 Å². The zero-order valence-electron chi connectivity index (χ0n) is 12.1. The molecule has 0 bridgehead atoms. The van der Waals surface area contributed by atoms with Gasteiger partial charge in [0.15, 0.2) is 0 Å². The molecule has 0 radical (unpaired) electrons. The van der Waals surface area contributed by atoms with Gasteiger partial charge in [-0.05, 0) is 0 Å². The number of carbonyl (C=O) groups is 1. The highest BCUT2D eigenvalue weighted by Crippen LogP contribution is 2.20. The highest BCUT2D eigenvalue weighted by Gasteiger charge is 2.22. The first-order valence-electron chi connectivity index (χ1n) is 6.36. The number of benzene rings is 1. The molecule has 0 saturated carbocycles. The molecule has 0 saturated heterocycles. The second kappa shape index (κ2) is 6.16. The Kier molecular flexibility index (Phi) is 4.48. The van der Waals surface area contributed by atoms with Gasteiger partial charge < -0.3 is 10.4 Å². The van der Waals surface area contributed by atoms with E-state index < -0.39 is 16.3 Å². The molecular weight excluding hydrogens is 308 g/mol. The Morgan fingerprint density at radius 2 is 1.95 bits per heavy atom. The SMILES string of the molecule is CN(C)S(=O)(=O)n1cc(-c2ccccc2)nc1CNC(=O)O. The van der Waals surface area contributed by atoms with E-state index in [0.717, 1.165) is 13.8 Å². The quantitative estimate of drug-likeness (QED) is 0.853. The van der Waals surface area contributed by atoms with Crippen molar-refractivity contribution in [3.63, 3.8) is 0 Å². The largest absolute Gasteiger partial charge is 0.465 e. The predicted octanol–water partition coefficient (Wildman–Crippen LogP) is 0.972.